The van der Waals surface area contributed by atoms with E-state index >= 15 is 0 Å². The van der Waals surface area contributed by atoms with E-state index in [1.165, 1.54) is 11.3 Å². The van der Waals surface area contributed by atoms with Crippen LogP contribution < -0.4 is 10.2 Å². The number of piperidine rings is 1. The minimum Gasteiger partial charge on any atom is -0.371 e. The van der Waals surface area contributed by atoms with Gasteiger partial charge in [-0.05, 0) is 42.5 Å². The lowest BCUT2D eigenvalue weighted by molar-refractivity contribution is -0.162. The van der Waals surface area contributed by atoms with Crippen molar-refractivity contribution in [3.8, 4) is 0 Å². The summed E-state index contributed by atoms with van der Waals surface area (Å²) < 4.78 is 0. The standard InChI is InChI=1S/C32H36N4O2/c37-30-29(22-25-10-4-1-5-11-25)33-31(38)32(17-20-35(21-18-32)27-14-8-3-9-15-27)36(30)28-16-19-34(24-28)23-26-12-6-2-7-13-26/h1-15,28-29H,16-24H2,(H,33,38). The van der Waals surface area contributed by atoms with Crippen molar-refractivity contribution in [1.29, 1.82) is 0 Å². The van der Waals surface area contributed by atoms with Gasteiger partial charge in [-0.2, -0.15) is 0 Å². The summed E-state index contributed by atoms with van der Waals surface area (Å²) in [6, 6.07) is 30.4. The fraction of sp³-hybridized carbons (Fsp3) is 0.375. The SMILES string of the molecule is O=C1C(Cc2ccccc2)NC(=O)C2(CCN(c3ccccc3)CC2)N1C1CCN(Cc2ccccc2)C1. The van der Waals surface area contributed by atoms with E-state index in [-0.39, 0.29) is 17.9 Å². The molecule has 0 bridgehead atoms. The largest absolute Gasteiger partial charge is 0.371 e. The van der Waals surface area contributed by atoms with Crippen LogP contribution in [0, 0.1) is 0 Å². The number of hydrogen-bond donors (Lipinski definition) is 1. The molecule has 0 aliphatic carbocycles. The number of nitrogens with one attached hydrogen (secondary N) is 1. The molecule has 1 N–H and O–H groups in total. The van der Waals surface area contributed by atoms with E-state index in [0.717, 1.165) is 44.7 Å². The number of benzene rings is 3. The number of carbonyl (C=O) groups is 2. The van der Waals surface area contributed by atoms with Crippen LogP contribution in [-0.2, 0) is 22.6 Å². The second kappa shape index (κ2) is 10.6. The van der Waals surface area contributed by atoms with E-state index in [9.17, 15) is 9.59 Å². The van der Waals surface area contributed by atoms with Gasteiger partial charge in [-0.3, -0.25) is 14.5 Å². The molecule has 3 aromatic carbocycles. The summed E-state index contributed by atoms with van der Waals surface area (Å²) in [6.07, 6.45) is 2.71. The molecular weight excluding hydrogens is 472 g/mol. The Bertz CT molecular complexity index is 1240. The predicted octanol–water partition coefficient (Wildman–Crippen LogP) is 3.87. The van der Waals surface area contributed by atoms with Crippen molar-refractivity contribution in [1.82, 2.24) is 15.1 Å². The van der Waals surface area contributed by atoms with Gasteiger partial charge < -0.3 is 15.1 Å². The van der Waals surface area contributed by atoms with Crippen LogP contribution in [0.1, 0.15) is 30.4 Å². The molecule has 3 heterocycles. The molecule has 2 atom stereocenters. The van der Waals surface area contributed by atoms with Gasteiger partial charge in [0.2, 0.25) is 11.8 Å². The first-order valence-electron chi connectivity index (χ1n) is 13.9. The summed E-state index contributed by atoms with van der Waals surface area (Å²) in [5.41, 5.74) is 2.73. The number of amides is 2. The van der Waals surface area contributed by atoms with Gasteiger partial charge in [-0.1, -0.05) is 78.9 Å². The molecule has 0 aromatic heterocycles. The Kier molecular flexibility index (Phi) is 6.90. The van der Waals surface area contributed by atoms with Crippen LogP contribution in [0.25, 0.3) is 0 Å². The first-order chi connectivity index (χ1) is 18.6. The monoisotopic (exact) mass is 508 g/mol. The molecule has 1 spiro atoms. The Labute approximate surface area is 225 Å². The van der Waals surface area contributed by atoms with Crippen LogP contribution in [0.2, 0.25) is 0 Å². The molecule has 3 aromatic rings. The van der Waals surface area contributed by atoms with Crippen LogP contribution in [0.3, 0.4) is 0 Å². The molecule has 2 amide bonds. The molecule has 6 nitrogen and oxygen atoms in total. The Morgan fingerprint density at radius 3 is 2.03 bits per heavy atom. The minimum absolute atomic E-state index is 0.0206. The van der Waals surface area contributed by atoms with Gasteiger partial charge in [0.05, 0.1) is 0 Å². The second-order valence-electron chi connectivity index (χ2n) is 10.9. The van der Waals surface area contributed by atoms with Crippen LogP contribution in [-0.4, -0.2) is 65.4 Å². The number of piperazine rings is 1. The highest BCUT2D eigenvalue weighted by Gasteiger charge is 2.56. The normalized spacial score (nSPS) is 23.6. The molecule has 0 radical (unpaired) electrons. The van der Waals surface area contributed by atoms with Gasteiger partial charge >= 0.3 is 0 Å². The van der Waals surface area contributed by atoms with Gasteiger partial charge in [-0.15, -0.1) is 0 Å². The summed E-state index contributed by atoms with van der Waals surface area (Å²) in [5, 5.41) is 3.17. The number of nitrogens with zero attached hydrogens (tertiary/aromatic N) is 3. The van der Waals surface area contributed by atoms with E-state index in [0.29, 0.717) is 19.3 Å². The lowest BCUT2D eigenvalue weighted by Gasteiger charge is -2.54. The average molecular weight is 509 g/mol. The maximum Gasteiger partial charge on any atom is 0.246 e. The van der Waals surface area contributed by atoms with Gasteiger partial charge in [0, 0.05) is 50.9 Å². The van der Waals surface area contributed by atoms with E-state index in [1.807, 2.05) is 47.4 Å². The van der Waals surface area contributed by atoms with Crippen molar-refractivity contribution in [2.75, 3.05) is 31.1 Å². The predicted molar refractivity (Wildman–Crippen MR) is 150 cm³/mol. The van der Waals surface area contributed by atoms with Crippen LogP contribution in [0.5, 0.6) is 0 Å². The third-order valence-corrected chi connectivity index (χ3v) is 8.58. The van der Waals surface area contributed by atoms with Gasteiger partial charge in [0.25, 0.3) is 0 Å². The molecule has 2 unspecified atom stereocenters. The molecule has 3 aliphatic heterocycles. The Morgan fingerprint density at radius 2 is 1.37 bits per heavy atom. The molecule has 6 rings (SSSR count). The summed E-state index contributed by atoms with van der Waals surface area (Å²) >= 11 is 0. The van der Waals surface area contributed by atoms with E-state index in [1.54, 1.807) is 0 Å². The van der Waals surface area contributed by atoms with E-state index in [4.69, 9.17) is 0 Å². The Morgan fingerprint density at radius 1 is 0.763 bits per heavy atom. The second-order valence-corrected chi connectivity index (χ2v) is 10.9. The van der Waals surface area contributed by atoms with Crippen molar-refractivity contribution in [3.63, 3.8) is 0 Å². The van der Waals surface area contributed by atoms with Gasteiger partial charge in [0.1, 0.15) is 11.6 Å². The minimum atomic E-state index is -0.789. The average Bonchev–Trinajstić information content (AvgIpc) is 3.41. The van der Waals surface area contributed by atoms with Crippen molar-refractivity contribution in [2.45, 2.75) is 49.9 Å². The van der Waals surface area contributed by atoms with Crippen LogP contribution in [0.15, 0.2) is 91.0 Å². The fourth-order valence-corrected chi connectivity index (χ4v) is 6.61. The molecule has 3 saturated heterocycles. The van der Waals surface area contributed by atoms with Crippen LogP contribution in [0.4, 0.5) is 5.69 Å². The summed E-state index contributed by atoms with van der Waals surface area (Å²) in [7, 11) is 0. The molecule has 6 heteroatoms. The summed E-state index contributed by atoms with van der Waals surface area (Å²) in [5.74, 6) is 0.0976. The van der Waals surface area contributed by atoms with E-state index < -0.39 is 11.6 Å². The highest BCUT2D eigenvalue weighted by molar-refractivity contribution is 6.00. The molecule has 0 saturated carbocycles. The maximum atomic E-state index is 14.2. The molecule has 196 valence electrons. The summed E-state index contributed by atoms with van der Waals surface area (Å²) in [6.45, 7) is 4.11. The number of hydrogen-bond acceptors (Lipinski definition) is 4. The smallest absolute Gasteiger partial charge is 0.246 e. The molecule has 3 aliphatic rings. The van der Waals surface area contributed by atoms with Crippen molar-refractivity contribution in [2.24, 2.45) is 0 Å². The van der Waals surface area contributed by atoms with Crippen molar-refractivity contribution < 1.29 is 9.59 Å². The number of likely N-dealkylation sites (tertiary alicyclic amines) is 1. The lowest BCUT2D eigenvalue weighted by Crippen LogP contribution is -2.75. The topological polar surface area (TPSA) is 55.9 Å². The molecule has 3 fully saturated rings. The zero-order valence-electron chi connectivity index (χ0n) is 21.8. The Balaban J connectivity index is 1.25. The van der Waals surface area contributed by atoms with Crippen molar-refractivity contribution in [3.05, 3.63) is 102 Å². The third-order valence-electron chi connectivity index (χ3n) is 8.58. The highest BCUT2D eigenvalue weighted by atomic mass is 16.2. The zero-order chi connectivity index (χ0) is 26.0. The number of anilines is 1. The lowest BCUT2D eigenvalue weighted by atomic mass is 9.79. The summed E-state index contributed by atoms with van der Waals surface area (Å²) in [4.78, 5) is 35.0. The quantitative estimate of drug-likeness (QED) is 0.549. The van der Waals surface area contributed by atoms with E-state index in [2.05, 4.69) is 63.6 Å². The first-order valence-corrected chi connectivity index (χ1v) is 13.9. The number of carbonyl (C=O) groups excluding carboxylic acids is 2. The van der Waals surface area contributed by atoms with Gasteiger partial charge in [-0.25, -0.2) is 0 Å². The Hall–Kier alpha value is -3.64. The first kappa shape index (κ1) is 24.7. The fourth-order valence-electron chi connectivity index (χ4n) is 6.61. The zero-order valence-corrected chi connectivity index (χ0v) is 21.8. The third kappa shape index (κ3) is 4.81. The highest BCUT2D eigenvalue weighted by Crippen LogP contribution is 2.38. The maximum absolute atomic E-state index is 14.2. The number of para-hydroxylation sites is 1. The number of rotatable bonds is 6. The molecule has 38 heavy (non-hydrogen) atoms. The van der Waals surface area contributed by atoms with Crippen molar-refractivity contribution >= 4 is 17.5 Å². The van der Waals surface area contributed by atoms with Crippen LogP contribution >= 0.6 is 0 Å². The molecular formula is C32H36N4O2. The van der Waals surface area contributed by atoms with Gasteiger partial charge in [0.15, 0.2) is 0 Å².